The van der Waals surface area contributed by atoms with Crippen molar-refractivity contribution >= 4 is 11.9 Å². The largest absolute Gasteiger partial charge is 0.466 e. The SMILES string of the molecule is CCOC(C)=O.O=[N+]([O-])c1ncc[nH]1. The Balaban J connectivity index is 0.000000255. The van der Waals surface area contributed by atoms with E-state index in [1.807, 2.05) is 0 Å². The van der Waals surface area contributed by atoms with Crippen LogP contribution in [0.4, 0.5) is 5.95 Å². The van der Waals surface area contributed by atoms with Crippen molar-refractivity contribution in [3.8, 4) is 0 Å². The van der Waals surface area contributed by atoms with Crippen LogP contribution >= 0.6 is 0 Å². The first-order valence-corrected chi connectivity index (χ1v) is 3.85. The summed E-state index contributed by atoms with van der Waals surface area (Å²) in [4.78, 5) is 24.7. The Hall–Kier alpha value is -1.92. The van der Waals surface area contributed by atoms with Crippen LogP contribution in [0.1, 0.15) is 13.8 Å². The van der Waals surface area contributed by atoms with E-state index in [-0.39, 0.29) is 11.9 Å². The highest BCUT2D eigenvalue weighted by atomic mass is 16.6. The summed E-state index contributed by atoms with van der Waals surface area (Å²) in [5, 5.41) is 9.77. The fourth-order valence-corrected chi connectivity index (χ4v) is 0.560. The Morgan fingerprint density at radius 3 is 2.57 bits per heavy atom. The van der Waals surface area contributed by atoms with Crippen LogP contribution in [0.5, 0.6) is 0 Å². The topological polar surface area (TPSA) is 98.1 Å². The predicted molar refractivity (Wildman–Crippen MR) is 47.5 cm³/mol. The predicted octanol–water partition coefficient (Wildman–Crippen LogP) is 0.887. The zero-order chi connectivity index (χ0) is 11.0. The van der Waals surface area contributed by atoms with Crippen molar-refractivity contribution in [3.63, 3.8) is 0 Å². The molecule has 7 nitrogen and oxygen atoms in total. The molecule has 0 aliphatic rings. The molecule has 7 heteroatoms. The van der Waals surface area contributed by atoms with Gasteiger partial charge in [0.2, 0.25) is 0 Å². The maximum atomic E-state index is 9.82. The van der Waals surface area contributed by atoms with Gasteiger partial charge in [0.05, 0.1) is 12.8 Å². The van der Waals surface area contributed by atoms with Crippen LogP contribution in [0.3, 0.4) is 0 Å². The molecule has 0 bridgehead atoms. The first-order chi connectivity index (χ1) is 6.57. The van der Waals surface area contributed by atoms with Gasteiger partial charge in [-0.15, -0.1) is 0 Å². The van der Waals surface area contributed by atoms with Crippen LogP contribution in [-0.2, 0) is 9.53 Å². The third-order valence-corrected chi connectivity index (χ3v) is 1.00. The number of rotatable bonds is 2. The number of carbonyl (C=O) groups is 1. The number of ether oxygens (including phenoxy) is 1. The Morgan fingerprint density at radius 2 is 2.43 bits per heavy atom. The highest BCUT2D eigenvalue weighted by Gasteiger charge is 2.01. The van der Waals surface area contributed by atoms with E-state index in [1.54, 1.807) is 6.92 Å². The van der Waals surface area contributed by atoms with Crippen molar-refractivity contribution in [2.45, 2.75) is 13.8 Å². The van der Waals surface area contributed by atoms with Crippen molar-refractivity contribution in [2.75, 3.05) is 6.61 Å². The molecule has 0 aliphatic carbocycles. The molecule has 0 amide bonds. The maximum absolute atomic E-state index is 9.82. The molecule has 0 aromatic carbocycles. The number of nitrogens with zero attached hydrogens (tertiary/aromatic N) is 2. The minimum Gasteiger partial charge on any atom is -0.466 e. The molecule has 0 radical (unpaired) electrons. The second-order valence-electron chi connectivity index (χ2n) is 2.09. The number of carbonyl (C=O) groups excluding carboxylic acids is 1. The van der Waals surface area contributed by atoms with Gasteiger partial charge >= 0.3 is 11.9 Å². The quantitative estimate of drug-likeness (QED) is 0.435. The lowest BCUT2D eigenvalue weighted by Crippen LogP contribution is -1.95. The number of H-pyrrole nitrogens is 1. The summed E-state index contributed by atoms with van der Waals surface area (Å²) in [6, 6.07) is 0. The molecule has 0 fully saturated rings. The molecule has 1 N–H and O–H groups in total. The summed E-state index contributed by atoms with van der Waals surface area (Å²) in [6.07, 6.45) is 2.73. The van der Waals surface area contributed by atoms with Crippen LogP contribution in [0.25, 0.3) is 0 Å². The molecule has 0 spiro atoms. The number of hydrogen-bond acceptors (Lipinski definition) is 5. The molecule has 0 unspecified atom stereocenters. The number of nitro groups is 1. The highest BCUT2D eigenvalue weighted by Crippen LogP contribution is 1.96. The first-order valence-electron chi connectivity index (χ1n) is 3.85. The van der Waals surface area contributed by atoms with E-state index in [1.165, 1.54) is 19.3 Å². The van der Waals surface area contributed by atoms with Crippen LogP contribution in [0.2, 0.25) is 0 Å². The van der Waals surface area contributed by atoms with Crippen LogP contribution in [0, 0.1) is 10.1 Å². The summed E-state index contributed by atoms with van der Waals surface area (Å²) in [6.45, 7) is 3.65. The third kappa shape index (κ3) is 5.70. The molecule has 0 saturated heterocycles. The smallest absolute Gasteiger partial charge is 0.432 e. The fraction of sp³-hybridized carbons (Fsp3) is 0.429. The van der Waals surface area contributed by atoms with Gasteiger partial charge in [-0.25, -0.2) is 4.98 Å². The average molecular weight is 201 g/mol. The lowest BCUT2D eigenvalue weighted by atomic mass is 10.8. The standard InChI is InChI=1S/C4H8O2.C3H3N3O2/c1-3-6-4(2)5;7-6(8)3-4-1-2-5-3/h3H2,1-2H3;1-2H,(H,4,5). The van der Waals surface area contributed by atoms with Crippen molar-refractivity contribution in [1.82, 2.24) is 9.97 Å². The van der Waals surface area contributed by atoms with E-state index in [0.29, 0.717) is 6.61 Å². The molecule has 78 valence electrons. The molecule has 1 aromatic rings. The molecule has 14 heavy (non-hydrogen) atoms. The van der Waals surface area contributed by atoms with E-state index in [2.05, 4.69) is 14.7 Å². The maximum Gasteiger partial charge on any atom is 0.432 e. The minimum absolute atomic E-state index is 0.211. The number of esters is 1. The molecule has 0 aliphatic heterocycles. The normalized spacial score (nSPS) is 8.43. The summed E-state index contributed by atoms with van der Waals surface area (Å²) >= 11 is 0. The van der Waals surface area contributed by atoms with Gasteiger partial charge in [0.1, 0.15) is 6.20 Å². The number of aromatic nitrogens is 2. The van der Waals surface area contributed by atoms with Crippen LogP contribution in [0.15, 0.2) is 12.4 Å². The minimum atomic E-state index is -0.583. The second kappa shape index (κ2) is 6.58. The zero-order valence-corrected chi connectivity index (χ0v) is 7.89. The Labute approximate surface area is 80.3 Å². The van der Waals surface area contributed by atoms with Gasteiger partial charge in [-0.2, -0.15) is 0 Å². The van der Waals surface area contributed by atoms with Crippen molar-refractivity contribution in [2.24, 2.45) is 0 Å². The van der Waals surface area contributed by atoms with E-state index in [4.69, 9.17) is 0 Å². The Bertz CT molecular complexity index is 283. The van der Waals surface area contributed by atoms with Crippen LogP contribution < -0.4 is 0 Å². The van der Waals surface area contributed by atoms with Gasteiger partial charge in [-0.05, 0) is 11.8 Å². The zero-order valence-electron chi connectivity index (χ0n) is 7.89. The number of hydrogen-bond donors (Lipinski definition) is 1. The lowest BCUT2D eigenvalue weighted by Gasteiger charge is -1.89. The van der Waals surface area contributed by atoms with E-state index in [0.717, 1.165) is 0 Å². The fourth-order valence-electron chi connectivity index (χ4n) is 0.560. The molecular formula is C7H11N3O4. The van der Waals surface area contributed by atoms with E-state index >= 15 is 0 Å². The van der Waals surface area contributed by atoms with Gasteiger partial charge in [-0.1, -0.05) is 4.98 Å². The second-order valence-corrected chi connectivity index (χ2v) is 2.09. The van der Waals surface area contributed by atoms with E-state index in [9.17, 15) is 14.9 Å². The summed E-state index contributed by atoms with van der Waals surface area (Å²) < 4.78 is 4.40. The highest BCUT2D eigenvalue weighted by molar-refractivity contribution is 5.65. The third-order valence-electron chi connectivity index (χ3n) is 1.00. The molecule has 0 atom stereocenters. The summed E-state index contributed by atoms with van der Waals surface area (Å²) in [7, 11) is 0. The number of nitrogens with one attached hydrogen (secondary N) is 1. The molecule has 0 saturated carbocycles. The van der Waals surface area contributed by atoms with Gasteiger partial charge in [0.15, 0.2) is 0 Å². The lowest BCUT2D eigenvalue weighted by molar-refractivity contribution is -0.393. The van der Waals surface area contributed by atoms with Crippen molar-refractivity contribution in [3.05, 3.63) is 22.5 Å². The van der Waals surface area contributed by atoms with Crippen molar-refractivity contribution in [1.29, 1.82) is 0 Å². The summed E-state index contributed by atoms with van der Waals surface area (Å²) in [5.41, 5.74) is 0. The van der Waals surface area contributed by atoms with Gasteiger partial charge < -0.3 is 14.9 Å². The Kier molecular flexibility index (Phi) is 5.68. The van der Waals surface area contributed by atoms with E-state index < -0.39 is 4.92 Å². The first kappa shape index (κ1) is 12.1. The molecule has 1 heterocycles. The Morgan fingerprint density at radius 1 is 1.79 bits per heavy atom. The number of aromatic amines is 1. The molecule has 1 aromatic heterocycles. The van der Waals surface area contributed by atoms with Gasteiger partial charge in [-0.3, -0.25) is 4.79 Å². The molecular weight excluding hydrogens is 190 g/mol. The van der Waals surface area contributed by atoms with Gasteiger partial charge in [0.25, 0.3) is 0 Å². The summed E-state index contributed by atoms with van der Waals surface area (Å²) in [5.74, 6) is -0.428. The van der Waals surface area contributed by atoms with Crippen molar-refractivity contribution < 1.29 is 14.5 Å². The number of imidazole rings is 1. The average Bonchev–Trinajstić information content (AvgIpc) is 2.56. The monoisotopic (exact) mass is 201 g/mol. The van der Waals surface area contributed by atoms with Gasteiger partial charge in [0, 0.05) is 6.92 Å². The molecule has 1 rings (SSSR count). The van der Waals surface area contributed by atoms with Crippen LogP contribution in [-0.4, -0.2) is 27.5 Å².